The Kier molecular flexibility index (Phi) is 4.76. The van der Waals surface area contributed by atoms with E-state index in [1.54, 1.807) is 0 Å². The summed E-state index contributed by atoms with van der Waals surface area (Å²) in [6.07, 6.45) is 2.39. The first-order chi connectivity index (χ1) is 11.9. The fourth-order valence-corrected chi connectivity index (χ4v) is 3.37. The number of carbonyl (C=O) groups is 3. The van der Waals surface area contributed by atoms with Crippen LogP contribution in [0, 0.1) is 5.82 Å². The molecule has 0 aromatic heterocycles. The first-order valence-corrected chi connectivity index (χ1v) is 8.29. The van der Waals surface area contributed by atoms with Gasteiger partial charge in [0.1, 0.15) is 11.9 Å². The summed E-state index contributed by atoms with van der Waals surface area (Å²) in [7, 11) is 0. The number of halogens is 2. The summed E-state index contributed by atoms with van der Waals surface area (Å²) in [4.78, 5) is 39.6. The van der Waals surface area contributed by atoms with Crippen LogP contribution >= 0.6 is 11.6 Å². The molecule has 1 N–H and O–H groups in total. The van der Waals surface area contributed by atoms with Gasteiger partial charge in [-0.1, -0.05) is 17.7 Å². The van der Waals surface area contributed by atoms with Crippen LogP contribution in [-0.4, -0.2) is 52.8 Å². The smallest absolute Gasteiger partial charge is 0.327 e. The minimum atomic E-state index is -0.594. The highest BCUT2D eigenvalue weighted by Crippen LogP contribution is 2.27. The Balaban J connectivity index is 1.67. The van der Waals surface area contributed by atoms with Gasteiger partial charge in [-0.25, -0.2) is 9.18 Å². The summed E-state index contributed by atoms with van der Waals surface area (Å²) < 4.78 is 13.2. The van der Waals surface area contributed by atoms with E-state index in [0.29, 0.717) is 19.4 Å². The number of urea groups is 1. The number of nitrogens with zero attached hydrogens (tertiary/aromatic N) is 2. The minimum Gasteiger partial charge on any atom is -0.349 e. The molecule has 3 rings (SSSR count). The van der Waals surface area contributed by atoms with Crippen molar-refractivity contribution in [2.75, 3.05) is 13.1 Å². The molecular weight excluding hydrogens is 349 g/mol. The molecule has 2 unspecified atom stereocenters. The molecule has 1 aromatic rings. The third kappa shape index (κ3) is 3.24. The molecule has 0 spiro atoms. The van der Waals surface area contributed by atoms with E-state index in [1.807, 2.05) is 0 Å². The molecule has 6 nitrogen and oxygen atoms in total. The van der Waals surface area contributed by atoms with Crippen LogP contribution < -0.4 is 5.32 Å². The quantitative estimate of drug-likeness (QED) is 0.657. The Hall–Kier alpha value is -2.41. The van der Waals surface area contributed by atoms with E-state index in [-0.39, 0.29) is 41.0 Å². The molecule has 0 saturated carbocycles. The van der Waals surface area contributed by atoms with Crippen LogP contribution in [0.4, 0.5) is 9.18 Å². The van der Waals surface area contributed by atoms with Gasteiger partial charge in [0, 0.05) is 24.7 Å². The molecule has 0 aliphatic carbocycles. The topological polar surface area (TPSA) is 69.7 Å². The number of nitrogens with one attached hydrogen (secondary N) is 1. The fourth-order valence-electron chi connectivity index (χ4n) is 3.19. The number of piperidine rings is 1. The summed E-state index contributed by atoms with van der Waals surface area (Å²) in [5.41, 5.74) is 0.246. The number of imide groups is 1. The molecular formula is C17H17ClFN3O3. The lowest BCUT2D eigenvalue weighted by molar-refractivity contribution is -0.128. The van der Waals surface area contributed by atoms with E-state index in [2.05, 4.69) is 11.9 Å². The van der Waals surface area contributed by atoms with E-state index in [4.69, 9.17) is 11.6 Å². The van der Waals surface area contributed by atoms with Gasteiger partial charge in [0.05, 0.1) is 5.02 Å². The molecule has 2 heterocycles. The summed E-state index contributed by atoms with van der Waals surface area (Å²) in [6.45, 7) is 4.12. The zero-order valence-electron chi connectivity index (χ0n) is 13.4. The van der Waals surface area contributed by atoms with Crippen LogP contribution in [0.3, 0.4) is 0 Å². The average Bonchev–Trinajstić information content (AvgIpc) is 2.82. The lowest BCUT2D eigenvalue weighted by Crippen LogP contribution is -2.49. The predicted molar refractivity (Wildman–Crippen MR) is 89.7 cm³/mol. The van der Waals surface area contributed by atoms with Gasteiger partial charge in [0.15, 0.2) is 0 Å². The van der Waals surface area contributed by atoms with Crippen LogP contribution in [0.1, 0.15) is 23.2 Å². The van der Waals surface area contributed by atoms with Crippen LogP contribution in [0.2, 0.25) is 5.02 Å². The molecule has 1 aromatic carbocycles. The Bertz CT molecular complexity index is 755. The number of amides is 4. The largest absolute Gasteiger partial charge is 0.349 e. The lowest BCUT2D eigenvalue weighted by atomic mass is 9.97. The van der Waals surface area contributed by atoms with Crippen molar-refractivity contribution in [2.45, 2.75) is 24.9 Å². The van der Waals surface area contributed by atoms with Gasteiger partial charge in [-0.2, -0.15) is 0 Å². The highest BCUT2D eigenvalue weighted by atomic mass is 35.5. The highest BCUT2D eigenvalue weighted by molar-refractivity contribution is 6.31. The Labute approximate surface area is 149 Å². The zero-order chi connectivity index (χ0) is 18.1. The maximum Gasteiger partial charge on any atom is 0.327 e. The second kappa shape index (κ2) is 6.84. The van der Waals surface area contributed by atoms with Crippen molar-refractivity contribution < 1.29 is 18.8 Å². The van der Waals surface area contributed by atoms with Crippen LogP contribution in [-0.2, 0) is 4.79 Å². The molecule has 2 saturated heterocycles. The first-order valence-electron chi connectivity index (χ1n) is 7.91. The molecule has 0 bridgehead atoms. The third-order valence-corrected chi connectivity index (χ3v) is 4.75. The van der Waals surface area contributed by atoms with Crippen molar-refractivity contribution in [1.82, 2.24) is 15.1 Å². The van der Waals surface area contributed by atoms with Crippen molar-refractivity contribution >= 4 is 29.4 Å². The Morgan fingerprint density at radius 1 is 1.44 bits per heavy atom. The number of hydrogen-bond donors (Lipinski definition) is 1. The molecule has 132 valence electrons. The van der Waals surface area contributed by atoms with Gasteiger partial charge in [0.25, 0.3) is 11.8 Å². The predicted octanol–water partition coefficient (Wildman–Crippen LogP) is 2.19. The highest BCUT2D eigenvalue weighted by Gasteiger charge is 2.47. The van der Waals surface area contributed by atoms with Gasteiger partial charge < -0.3 is 10.2 Å². The van der Waals surface area contributed by atoms with Crippen molar-refractivity contribution in [3.8, 4) is 0 Å². The maximum absolute atomic E-state index is 13.2. The van der Waals surface area contributed by atoms with Crippen LogP contribution in [0.5, 0.6) is 0 Å². The van der Waals surface area contributed by atoms with E-state index in [9.17, 15) is 18.8 Å². The number of hydrogen-bond acceptors (Lipinski definition) is 3. The zero-order valence-corrected chi connectivity index (χ0v) is 14.1. The summed E-state index contributed by atoms with van der Waals surface area (Å²) in [5.74, 6) is -1.25. The van der Waals surface area contributed by atoms with Gasteiger partial charge in [-0.3, -0.25) is 14.5 Å². The normalized spacial score (nSPS) is 22.8. The van der Waals surface area contributed by atoms with E-state index in [0.717, 1.165) is 6.07 Å². The standard InChI is InChI=1S/C17H17ClFN3O3/c1-2-6-22-16(24)14-9-11(5-7-21(14)17(22)25)20-15(23)10-3-4-13(19)12(18)8-10/h2-4,8,11,14H,1,5-7,9H2,(H,20,23). The molecule has 8 heteroatoms. The maximum atomic E-state index is 13.2. The van der Waals surface area contributed by atoms with E-state index >= 15 is 0 Å². The van der Waals surface area contributed by atoms with Gasteiger partial charge in [0.2, 0.25) is 0 Å². The number of carbonyl (C=O) groups excluding carboxylic acids is 3. The molecule has 0 radical (unpaired) electrons. The number of rotatable bonds is 4. The molecule has 2 atom stereocenters. The fraction of sp³-hybridized carbons (Fsp3) is 0.353. The molecule has 2 aliphatic rings. The van der Waals surface area contributed by atoms with Crippen molar-refractivity contribution in [2.24, 2.45) is 0 Å². The van der Waals surface area contributed by atoms with E-state index in [1.165, 1.54) is 28.0 Å². The second-order valence-corrected chi connectivity index (χ2v) is 6.46. The van der Waals surface area contributed by atoms with Gasteiger partial charge >= 0.3 is 6.03 Å². The monoisotopic (exact) mass is 365 g/mol. The molecule has 2 fully saturated rings. The van der Waals surface area contributed by atoms with E-state index < -0.39 is 11.9 Å². The SMILES string of the molecule is C=CCN1C(=O)C2CC(NC(=O)c3ccc(F)c(Cl)c3)CCN2C1=O. The number of benzene rings is 1. The molecule has 2 aliphatic heterocycles. The van der Waals surface area contributed by atoms with Crippen LogP contribution in [0.25, 0.3) is 0 Å². The average molecular weight is 366 g/mol. The van der Waals surface area contributed by atoms with Gasteiger partial charge in [-0.05, 0) is 31.0 Å². The van der Waals surface area contributed by atoms with Crippen molar-refractivity contribution in [1.29, 1.82) is 0 Å². The van der Waals surface area contributed by atoms with Crippen molar-refractivity contribution in [3.05, 3.63) is 47.3 Å². The first kappa shape index (κ1) is 17.4. The molecule has 4 amide bonds. The van der Waals surface area contributed by atoms with Crippen molar-refractivity contribution in [3.63, 3.8) is 0 Å². The minimum absolute atomic E-state index is 0.126. The van der Waals surface area contributed by atoms with Gasteiger partial charge in [-0.15, -0.1) is 6.58 Å². The third-order valence-electron chi connectivity index (χ3n) is 4.46. The summed E-state index contributed by atoms with van der Waals surface area (Å²) >= 11 is 5.70. The number of fused-ring (bicyclic) bond motifs is 1. The second-order valence-electron chi connectivity index (χ2n) is 6.05. The Morgan fingerprint density at radius 2 is 2.20 bits per heavy atom. The Morgan fingerprint density at radius 3 is 2.88 bits per heavy atom. The summed E-state index contributed by atoms with van der Waals surface area (Å²) in [5, 5.41) is 2.70. The summed E-state index contributed by atoms with van der Waals surface area (Å²) in [6, 6.07) is 2.61. The molecule has 25 heavy (non-hydrogen) atoms. The lowest BCUT2D eigenvalue weighted by Gasteiger charge is -2.32. The van der Waals surface area contributed by atoms with Crippen LogP contribution in [0.15, 0.2) is 30.9 Å².